The second-order valence-electron chi connectivity index (χ2n) is 6.96. The van der Waals surface area contributed by atoms with Gasteiger partial charge in [-0.05, 0) is 51.4 Å². The van der Waals surface area contributed by atoms with E-state index in [4.69, 9.17) is 13.6 Å². The Bertz CT molecular complexity index is 544. The lowest BCUT2D eigenvalue weighted by Crippen LogP contribution is -2.35. The lowest BCUT2D eigenvalue weighted by atomic mass is 10.3. The van der Waals surface area contributed by atoms with Crippen LogP contribution in [0.1, 0.15) is 0 Å². The van der Waals surface area contributed by atoms with Crippen molar-refractivity contribution >= 4 is 16.6 Å². The monoisotopic (exact) mass is 364 g/mol. The maximum atomic E-state index is 13.5. The van der Waals surface area contributed by atoms with Gasteiger partial charge in [0.05, 0.1) is 0 Å². The molecule has 0 saturated carbocycles. The predicted molar refractivity (Wildman–Crippen MR) is 89.0 cm³/mol. The molecule has 0 aliphatic rings. The Morgan fingerprint density at radius 2 is 1.30 bits per heavy atom. The van der Waals surface area contributed by atoms with Crippen molar-refractivity contribution < 1.29 is 26.8 Å². The molecule has 8 heteroatoms. The first kappa shape index (κ1) is 19.6. The van der Waals surface area contributed by atoms with Gasteiger partial charge in [-0.15, -0.1) is 0 Å². The molecule has 1 rings (SSSR count). The number of alkyl halides is 3. The van der Waals surface area contributed by atoms with Crippen molar-refractivity contribution in [2.45, 2.75) is 45.5 Å². The van der Waals surface area contributed by atoms with Gasteiger partial charge in [-0.3, -0.25) is 0 Å². The molecule has 0 aromatic heterocycles. The average molecular weight is 365 g/mol. The van der Waals surface area contributed by atoms with Crippen LogP contribution in [0.25, 0.3) is 0 Å². The van der Waals surface area contributed by atoms with Crippen LogP contribution < -0.4 is 4.74 Å². The zero-order valence-electron chi connectivity index (χ0n) is 14.2. The van der Waals surface area contributed by atoms with Gasteiger partial charge in [0, 0.05) is 0 Å². The minimum atomic E-state index is -4.69. The van der Waals surface area contributed by atoms with Crippen LogP contribution in [0, 0.1) is 0 Å². The van der Waals surface area contributed by atoms with E-state index in [1.165, 1.54) is 0 Å². The van der Waals surface area contributed by atoms with Crippen molar-refractivity contribution in [2.24, 2.45) is 0 Å². The molecule has 0 fully saturated rings. The number of hydrogen-bond acceptors (Lipinski definition) is 3. The molecule has 0 atom stereocenters. The summed E-state index contributed by atoms with van der Waals surface area (Å²) in [5, 5.41) is 0. The van der Waals surface area contributed by atoms with E-state index in [9.17, 15) is 13.2 Å². The summed E-state index contributed by atoms with van der Waals surface area (Å²) in [7, 11) is -4.85. The first-order valence-corrected chi connectivity index (χ1v) is 14.0. The number of para-hydroxylation sites is 1. The van der Waals surface area contributed by atoms with Crippen LogP contribution in [0.5, 0.6) is 5.75 Å². The number of halogens is 3. The Hall–Kier alpha value is -1.42. The molecule has 0 radical (unpaired) electrons. The third kappa shape index (κ3) is 7.60. The van der Waals surface area contributed by atoms with E-state index in [0.717, 1.165) is 0 Å². The highest BCUT2D eigenvalue weighted by Crippen LogP contribution is 2.34. The lowest BCUT2D eigenvalue weighted by Gasteiger charge is -2.28. The van der Waals surface area contributed by atoms with Gasteiger partial charge in [0.2, 0.25) is 16.6 Å². The Kier molecular flexibility index (Phi) is 5.97. The summed E-state index contributed by atoms with van der Waals surface area (Å²) >= 11 is 0. The van der Waals surface area contributed by atoms with E-state index in [-0.39, 0.29) is 5.75 Å². The third-order valence-electron chi connectivity index (χ3n) is 2.20. The van der Waals surface area contributed by atoms with Gasteiger partial charge in [0.15, 0.2) is 0 Å². The van der Waals surface area contributed by atoms with Crippen molar-refractivity contribution in [1.82, 2.24) is 0 Å². The van der Waals surface area contributed by atoms with Crippen molar-refractivity contribution in [3.05, 3.63) is 42.0 Å². The Morgan fingerprint density at radius 3 is 1.70 bits per heavy atom. The van der Waals surface area contributed by atoms with E-state index in [0.29, 0.717) is 0 Å². The normalized spacial score (nSPS) is 14.1. The first-order valence-electron chi connectivity index (χ1n) is 7.20. The molecule has 23 heavy (non-hydrogen) atoms. The highest BCUT2D eigenvalue weighted by molar-refractivity contribution is 6.70. The van der Waals surface area contributed by atoms with E-state index < -0.39 is 34.5 Å². The Morgan fingerprint density at radius 1 is 0.826 bits per heavy atom. The molecule has 130 valence electrons. The predicted octanol–water partition coefficient (Wildman–Crippen LogP) is 5.50. The first-order chi connectivity index (χ1) is 10.3. The van der Waals surface area contributed by atoms with Gasteiger partial charge in [0.1, 0.15) is 5.75 Å². The van der Waals surface area contributed by atoms with Gasteiger partial charge in [-0.25, -0.2) is 0 Å². The minimum absolute atomic E-state index is 0.265. The fourth-order valence-corrected chi connectivity index (χ4v) is 3.01. The molecule has 0 amide bonds. The number of ether oxygens (including phenoxy) is 1. The lowest BCUT2D eigenvalue weighted by molar-refractivity contribution is -0.125. The molecule has 0 saturated heterocycles. The molecule has 1 aromatic rings. The second-order valence-corrected chi connectivity index (χ2v) is 15.8. The maximum Gasteiger partial charge on any atom is 0.454 e. The van der Waals surface area contributed by atoms with Gasteiger partial charge in [-0.1, -0.05) is 18.2 Å². The quantitative estimate of drug-likeness (QED) is 0.493. The van der Waals surface area contributed by atoms with E-state index in [2.05, 4.69) is 0 Å². The zero-order chi connectivity index (χ0) is 17.9. The van der Waals surface area contributed by atoms with E-state index in [1.807, 2.05) is 0 Å². The molecule has 0 aliphatic carbocycles. The highest BCUT2D eigenvalue weighted by Gasteiger charge is 2.44. The molecule has 0 spiro atoms. The summed E-state index contributed by atoms with van der Waals surface area (Å²) < 4.78 is 56.6. The number of benzene rings is 1. The van der Waals surface area contributed by atoms with E-state index in [1.54, 1.807) is 69.6 Å². The van der Waals surface area contributed by atoms with Crippen LogP contribution in [0.15, 0.2) is 42.0 Å². The number of hydrogen-bond donors (Lipinski definition) is 0. The van der Waals surface area contributed by atoms with Crippen molar-refractivity contribution in [1.29, 1.82) is 0 Å². The van der Waals surface area contributed by atoms with Crippen molar-refractivity contribution in [3.63, 3.8) is 0 Å². The van der Waals surface area contributed by atoms with Crippen molar-refractivity contribution in [2.75, 3.05) is 0 Å². The van der Waals surface area contributed by atoms with Crippen LogP contribution in [-0.2, 0) is 8.85 Å². The summed E-state index contributed by atoms with van der Waals surface area (Å²) in [5.41, 5.74) is 0. The summed E-state index contributed by atoms with van der Waals surface area (Å²) in [4.78, 5) is 0. The molecule has 0 aliphatic heterocycles. The molecule has 1 aromatic carbocycles. The van der Waals surface area contributed by atoms with Crippen LogP contribution in [0.4, 0.5) is 13.2 Å². The standard InChI is InChI=1S/C15H23F3O3Si2/c1-22(2,3)20-13(15(16,17)18)14(21-23(4,5)6)19-12-10-8-7-9-11-12/h7-11H,1-6H3. The smallest absolute Gasteiger partial charge is 0.454 e. The fraction of sp³-hybridized carbons (Fsp3) is 0.467. The Balaban J connectivity index is 3.34. The summed E-state index contributed by atoms with van der Waals surface area (Å²) in [6, 6.07) is 8.23. The molecule has 0 N–H and O–H groups in total. The SMILES string of the molecule is C[Si](C)(C)OC(Oc1ccccc1)=C(O[Si](C)(C)C)C(F)(F)F. The average Bonchev–Trinajstić information content (AvgIpc) is 2.32. The van der Waals surface area contributed by atoms with Gasteiger partial charge >= 0.3 is 12.1 Å². The van der Waals surface area contributed by atoms with Gasteiger partial charge < -0.3 is 13.6 Å². The second kappa shape index (κ2) is 7.00. The molecular formula is C15H23F3O3Si2. The highest BCUT2D eigenvalue weighted by atomic mass is 28.4. The maximum absolute atomic E-state index is 13.5. The van der Waals surface area contributed by atoms with Crippen molar-refractivity contribution in [3.8, 4) is 5.75 Å². The summed E-state index contributed by atoms with van der Waals surface area (Å²) in [6.07, 6.45) is -4.69. The Labute approximate surface area is 137 Å². The molecule has 3 nitrogen and oxygen atoms in total. The minimum Gasteiger partial charge on any atom is -0.536 e. The fourth-order valence-electron chi connectivity index (χ4n) is 1.51. The van der Waals surface area contributed by atoms with Gasteiger partial charge in [-0.2, -0.15) is 13.2 Å². The molecule has 0 bridgehead atoms. The van der Waals surface area contributed by atoms with Gasteiger partial charge in [0.25, 0.3) is 5.76 Å². The van der Waals surface area contributed by atoms with Crippen LogP contribution in [-0.4, -0.2) is 22.8 Å². The number of allylic oxidation sites excluding steroid dienone is 1. The molecule has 0 unspecified atom stereocenters. The van der Waals surface area contributed by atoms with Crippen LogP contribution >= 0.6 is 0 Å². The molecular weight excluding hydrogens is 341 g/mol. The third-order valence-corrected chi connectivity index (χ3v) is 3.82. The topological polar surface area (TPSA) is 27.7 Å². The molecule has 0 heterocycles. The summed E-state index contributed by atoms with van der Waals surface area (Å²) in [6.45, 7) is 10.4. The largest absolute Gasteiger partial charge is 0.536 e. The van der Waals surface area contributed by atoms with Crippen LogP contribution in [0.2, 0.25) is 39.3 Å². The summed E-state index contributed by atoms with van der Waals surface area (Å²) in [5.74, 6) is -1.53. The van der Waals surface area contributed by atoms with E-state index >= 15 is 0 Å². The van der Waals surface area contributed by atoms with Crippen LogP contribution in [0.3, 0.4) is 0 Å². The zero-order valence-corrected chi connectivity index (χ0v) is 16.2. The number of rotatable bonds is 6.